The fraction of sp³-hybridized carbons (Fsp3) is 0.552. The van der Waals surface area contributed by atoms with E-state index in [1.165, 1.54) is 14.9 Å². The van der Waals surface area contributed by atoms with E-state index in [2.05, 4.69) is 15.8 Å². The molecule has 3 N–H and O–H groups in total. The lowest BCUT2D eigenvalue weighted by molar-refractivity contribution is -0.143. The minimum absolute atomic E-state index is 0.0110. The van der Waals surface area contributed by atoms with Gasteiger partial charge in [0.2, 0.25) is 0 Å². The maximum atomic E-state index is 14.0. The fourth-order valence-electron chi connectivity index (χ4n) is 5.59. The maximum Gasteiger partial charge on any atom is 0.416 e. The Morgan fingerprint density at radius 1 is 0.957 bits per heavy atom. The van der Waals surface area contributed by atoms with Crippen molar-refractivity contribution in [3.05, 3.63) is 64.2 Å². The van der Waals surface area contributed by atoms with E-state index >= 15 is 0 Å². The molecule has 3 atom stereocenters. The normalized spacial score (nSPS) is 20.5. The first kappa shape index (κ1) is 36.2. The summed E-state index contributed by atoms with van der Waals surface area (Å²) in [5, 5.41) is 9.22. The number of amides is 1. The van der Waals surface area contributed by atoms with Crippen molar-refractivity contribution in [2.45, 2.75) is 83.7 Å². The zero-order chi connectivity index (χ0) is 35.1. The van der Waals surface area contributed by atoms with Crippen molar-refractivity contribution in [3.8, 4) is 0 Å². The predicted octanol–water partition coefficient (Wildman–Crippen LogP) is 7.50. The number of ether oxygens (including phenoxy) is 1. The summed E-state index contributed by atoms with van der Waals surface area (Å²) in [5.41, 5.74) is 3.80. The highest BCUT2D eigenvalue weighted by Crippen LogP contribution is 2.47. The first-order valence-electron chi connectivity index (χ1n) is 14.6. The molecule has 47 heavy (non-hydrogen) atoms. The van der Waals surface area contributed by atoms with Crippen molar-refractivity contribution >= 4 is 11.8 Å². The lowest BCUT2D eigenvalue weighted by Gasteiger charge is -2.46. The Morgan fingerprint density at radius 2 is 1.55 bits per heavy atom. The molecule has 1 unspecified atom stereocenters. The quantitative estimate of drug-likeness (QED) is 0.280. The van der Waals surface area contributed by atoms with E-state index in [1.54, 1.807) is 27.7 Å². The van der Waals surface area contributed by atoms with Crippen molar-refractivity contribution in [3.63, 3.8) is 0 Å². The van der Waals surface area contributed by atoms with Crippen LogP contribution in [0.25, 0.3) is 0 Å². The molecular weight excluding hydrogens is 649 g/mol. The number of rotatable bonds is 8. The van der Waals surface area contributed by atoms with Gasteiger partial charge in [0, 0.05) is 25.2 Å². The molecular formula is C29H34F9N7O2. The summed E-state index contributed by atoms with van der Waals surface area (Å²) in [6.07, 6.45) is -17.8. The number of halogens is 9. The summed E-state index contributed by atoms with van der Waals surface area (Å²) in [6, 6.07) is 1.96. The molecule has 2 aromatic rings. The Balaban J connectivity index is 1.93. The van der Waals surface area contributed by atoms with Gasteiger partial charge in [0.05, 0.1) is 35.0 Å². The van der Waals surface area contributed by atoms with Crippen LogP contribution in [0.3, 0.4) is 0 Å². The molecule has 0 aromatic heterocycles. The largest absolute Gasteiger partial charge is 0.446 e. The summed E-state index contributed by atoms with van der Waals surface area (Å²) in [5.74, 6) is -0.327. The highest BCUT2D eigenvalue weighted by molar-refractivity contribution is 5.90. The van der Waals surface area contributed by atoms with Crippen LogP contribution in [-0.4, -0.2) is 47.6 Å². The number of fused-ring (bicyclic) bond motifs is 1. The van der Waals surface area contributed by atoms with Gasteiger partial charge in [-0.3, -0.25) is 9.80 Å². The summed E-state index contributed by atoms with van der Waals surface area (Å²) in [7, 11) is 0. The van der Waals surface area contributed by atoms with E-state index in [1.807, 2.05) is 0 Å². The Hall–Kier alpha value is -3.64. The van der Waals surface area contributed by atoms with Gasteiger partial charge in [-0.2, -0.15) is 44.9 Å². The summed E-state index contributed by atoms with van der Waals surface area (Å²) < 4.78 is 130. The molecule has 0 radical (unpaired) electrons. The molecule has 9 nitrogen and oxygen atoms in total. The second-order valence-electron chi connectivity index (χ2n) is 11.8. The maximum absolute atomic E-state index is 14.0. The smallest absolute Gasteiger partial charge is 0.416 e. The van der Waals surface area contributed by atoms with Gasteiger partial charge in [0.1, 0.15) is 0 Å². The number of alkyl halides is 9. The monoisotopic (exact) mass is 683 g/mol. The molecule has 0 saturated heterocycles. The van der Waals surface area contributed by atoms with E-state index < -0.39 is 77.9 Å². The molecule has 0 fully saturated rings. The van der Waals surface area contributed by atoms with E-state index in [4.69, 9.17) is 10.5 Å². The average molecular weight is 684 g/mol. The topological polar surface area (TPSA) is 98.8 Å². The van der Waals surface area contributed by atoms with Gasteiger partial charge >= 0.3 is 24.6 Å². The Morgan fingerprint density at radius 3 is 2.06 bits per heavy atom. The third kappa shape index (κ3) is 8.27. The number of nitrogens with zero attached hydrogens (tertiary/aromatic N) is 5. The fourth-order valence-corrected chi connectivity index (χ4v) is 5.59. The van der Waals surface area contributed by atoms with Crippen LogP contribution in [0.1, 0.15) is 68.0 Å². The zero-order valence-corrected chi connectivity index (χ0v) is 25.7. The van der Waals surface area contributed by atoms with Gasteiger partial charge in [0.15, 0.2) is 6.29 Å². The van der Waals surface area contributed by atoms with Crippen LogP contribution in [0.5, 0.6) is 0 Å². The number of hydrogen-bond donors (Lipinski definition) is 2. The molecule has 0 bridgehead atoms. The van der Waals surface area contributed by atoms with Crippen LogP contribution in [0.4, 0.5) is 50.0 Å². The lowest BCUT2D eigenvalue weighted by Crippen LogP contribution is -2.54. The minimum atomic E-state index is -5.14. The average Bonchev–Trinajstić information content (AvgIpc) is 3.41. The van der Waals surface area contributed by atoms with Gasteiger partial charge in [-0.25, -0.2) is 9.91 Å². The van der Waals surface area contributed by atoms with Gasteiger partial charge in [-0.15, -0.1) is 5.11 Å². The van der Waals surface area contributed by atoms with Gasteiger partial charge in [-0.1, -0.05) is 19.1 Å². The number of nitrogens with one attached hydrogen (secondary N) is 1. The van der Waals surface area contributed by atoms with Crippen LogP contribution in [0.15, 0.2) is 46.7 Å². The minimum Gasteiger partial charge on any atom is -0.446 e. The second kappa shape index (κ2) is 13.5. The summed E-state index contributed by atoms with van der Waals surface area (Å²) in [6.45, 7) is 6.27. The Labute approximate surface area is 264 Å². The van der Waals surface area contributed by atoms with E-state index in [9.17, 15) is 44.3 Å². The molecule has 4 rings (SSSR count). The van der Waals surface area contributed by atoms with Crippen molar-refractivity contribution in [2.75, 3.05) is 18.0 Å². The molecule has 0 saturated carbocycles. The summed E-state index contributed by atoms with van der Waals surface area (Å²) >= 11 is 0. The standard InChI is InChI=1S/C29H34F9N7O2/c1-15(2)23-13-24(21-12-18(27(30,31)32)5-6-22(21)45(23)26(46)47-16(3)4)43(25-40-42-44(41-25)8-7-39)14-17-9-19(28(33,34)35)11-20(10-17)29(36,37)38/h5-6,9-12,15-16,23-25,41H,7-8,13-14,39H2,1-4H3/t23-,24-,25?/m0/s1. The van der Waals surface area contributed by atoms with Gasteiger partial charge in [0.25, 0.3) is 0 Å². The van der Waals surface area contributed by atoms with Crippen LogP contribution in [-0.2, 0) is 29.8 Å². The summed E-state index contributed by atoms with van der Waals surface area (Å²) in [4.78, 5) is 15.9. The van der Waals surface area contributed by atoms with Crippen LogP contribution >= 0.6 is 0 Å². The number of hydrazine groups is 1. The van der Waals surface area contributed by atoms with E-state index in [0.29, 0.717) is 12.1 Å². The third-order valence-corrected chi connectivity index (χ3v) is 7.67. The van der Waals surface area contributed by atoms with E-state index in [-0.39, 0.29) is 42.7 Å². The molecule has 2 heterocycles. The molecule has 2 aliphatic rings. The zero-order valence-electron chi connectivity index (χ0n) is 25.7. The number of carbonyl (C=O) groups excluding carboxylic acids is 1. The van der Waals surface area contributed by atoms with Crippen molar-refractivity contribution < 1.29 is 49.0 Å². The highest BCUT2D eigenvalue weighted by Gasteiger charge is 2.45. The number of carbonyl (C=O) groups is 1. The van der Waals surface area contributed by atoms with Gasteiger partial charge in [-0.05, 0) is 73.7 Å². The SMILES string of the molecule is CC(C)OC(=O)N1c2ccc(C(F)(F)F)cc2[C@@H](N(Cc2cc(C(F)(F)F)cc(C(F)(F)F)c2)C2N=NN(CCN)N2)C[C@H]1C(C)C. The molecule has 0 spiro atoms. The molecule has 2 aromatic carbocycles. The van der Waals surface area contributed by atoms with Crippen LogP contribution in [0, 0.1) is 5.92 Å². The number of anilines is 1. The molecule has 260 valence electrons. The number of nitrogens with two attached hydrogens (primary N) is 1. The molecule has 2 aliphatic heterocycles. The van der Waals surface area contributed by atoms with Crippen LogP contribution in [0.2, 0.25) is 0 Å². The predicted molar refractivity (Wildman–Crippen MR) is 151 cm³/mol. The number of hydrogen-bond acceptors (Lipinski definition) is 8. The molecule has 0 aliphatic carbocycles. The molecule has 18 heteroatoms. The lowest BCUT2D eigenvalue weighted by atomic mass is 9.84. The number of benzene rings is 2. The van der Waals surface area contributed by atoms with Crippen molar-refractivity contribution in [2.24, 2.45) is 22.0 Å². The second-order valence-corrected chi connectivity index (χ2v) is 11.8. The van der Waals surface area contributed by atoms with Crippen molar-refractivity contribution in [1.29, 1.82) is 0 Å². The van der Waals surface area contributed by atoms with E-state index in [0.717, 1.165) is 18.2 Å². The van der Waals surface area contributed by atoms with Crippen molar-refractivity contribution in [1.82, 2.24) is 15.4 Å². The van der Waals surface area contributed by atoms with Gasteiger partial charge < -0.3 is 10.5 Å². The Kier molecular flexibility index (Phi) is 10.4. The third-order valence-electron chi connectivity index (χ3n) is 7.67. The Bertz CT molecular complexity index is 1430. The first-order valence-corrected chi connectivity index (χ1v) is 14.6. The van der Waals surface area contributed by atoms with Crippen LogP contribution < -0.4 is 16.1 Å². The first-order chi connectivity index (χ1) is 21.7. The molecule has 1 amide bonds. The highest BCUT2D eigenvalue weighted by atomic mass is 19.4.